The van der Waals surface area contributed by atoms with Gasteiger partial charge in [0, 0.05) is 25.3 Å². The molecule has 2 aliphatic rings. The molecule has 1 atom stereocenters. The first kappa shape index (κ1) is 14.8. The van der Waals surface area contributed by atoms with Gasteiger partial charge in [-0.05, 0) is 75.7 Å². The highest BCUT2D eigenvalue weighted by atomic mass is 15.2. The summed E-state index contributed by atoms with van der Waals surface area (Å²) in [5, 5.41) is 0. The van der Waals surface area contributed by atoms with Crippen LogP contribution in [0.25, 0.3) is 0 Å². The summed E-state index contributed by atoms with van der Waals surface area (Å²) < 4.78 is 0. The second kappa shape index (κ2) is 6.78. The maximum Gasteiger partial charge on any atom is 0.131 e. The Morgan fingerprint density at radius 1 is 1.14 bits per heavy atom. The van der Waals surface area contributed by atoms with Gasteiger partial charge in [-0.15, -0.1) is 0 Å². The van der Waals surface area contributed by atoms with Crippen LogP contribution in [-0.4, -0.2) is 36.1 Å². The highest BCUT2D eigenvalue weighted by Crippen LogP contribution is 2.33. The monoisotopic (exact) mass is 287 g/mol. The SMILES string of the molecule is CCCN1CCC[C@@H]1c1cnc(N2CCCCC2)c(C)c1. The van der Waals surface area contributed by atoms with Crippen LogP contribution in [0.5, 0.6) is 0 Å². The topological polar surface area (TPSA) is 19.4 Å². The molecule has 2 aliphatic heterocycles. The first-order valence-electron chi connectivity index (χ1n) is 8.75. The lowest BCUT2D eigenvalue weighted by atomic mass is 10.0. The van der Waals surface area contributed by atoms with Gasteiger partial charge in [0.05, 0.1) is 0 Å². The summed E-state index contributed by atoms with van der Waals surface area (Å²) in [6.45, 7) is 9.35. The van der Waals surface area contributed by atoms with Gasteiger partial charge in [0.1, 0.15) is 5.82 Å². The molecule has 0 aromatic carbocycles. The van der Waals surface area contributed by atoms with Crippen molar-refractivity contribution in [1.29, 1.82) is 0 Å². The van der Waals surface area contributed by atoms with Crippen molar-refractivity contribution in [1.82, 2.24) is 9.88 Å². The number of hydrogen-bond acceptors (Lipinski definition) is 3. The van der Waals surface area contributed by atoms with E-state index in [1.807, 2.05) is 0 Å². The molecule has 0 spiro atoms. The Balaban J connectivity index is 1.77. The van der Waals surface area contributed by atoms with Crippen molar-refractivity contribution in [3.8, 4) is 0 Å². The van der Waals surface area contributed by atoms with E-state index in [1.165, 1.54) is 81.6 Å². The maximum absolute atomic E-state index is 4.84. The number of piperidine rings is 1. The molecule has 3 nitrogen and oxygen atoms in total. The fourth-order valence-corrected chi connectivity index (χ4v) is 3.97. The molecule has 0 bridgehead atoms. The average Bonchev–Trinajstić information content (AvgIpc) is 2.97. The predicted molar refractivity (Wildman–Crippen MR) is 88.9 cm³/mol. The third kappa shape index (κ3) is 3.23. The van der Waals surface area contributed by atoms with E-state index < -0.39 is 0 Å². The molecule has 21 heavy (non-hydrogen) atoms. The number of hydrogen-bond donors (Lipinski definition) is 0. The minimum absolute atomic E-state index is 0.603. The first-order chi connectivity index (χ1) is 10.3. The Hall–Kier alpha value is -1.09. The van der Waals surface area contributed by atoms with Crippen LogP contribution < -0.4 is 4.90 Å². The first-order valence-corrected chi connectivity index (χ1v) is 8.75. The molecule has 0 amide bonds. The van der Waals surface area contributed by atoms with Crippen LogP contribution in [-0.2, 0) is 0 Å². The normalized spacial score (nSPS) is 23.7. The number of anilines is 1. The molecule has 116 valence electrons. The van der Waals surface area contributed by atoms with Crippen LogP contribution in [0.4, 0.5) is 5.82 Å². The molecule has 3 heteroatoms. The van der Waals surface area contributed by atoms with Gasteiger partial charge < -0.3 is 4.90 Å². The summed E-state index contributed by atoms with van der Waals surface area (Å²) in [5.74, 6) is 1.22. The summed E-state index contributed by atoms with van der Waals surface area (Å²) in [4.78, 5) is 9.95. The zero-order valence-electron chi connectivity index (χ0n) is 13.6. The number of rotatable bonds is 4. The Morgan fingerprint density at radius 2 is 1.95 bits per heavy atom. The van der Waals surface area contributed by atoms with E-state index in [-0.39, 0.29) is 0 Å². The van der Waals surface area contributed by atoms with Crippen molar-refractivity contribution in [2.45, 2.75) is 58.4 Å². The lowest BCUT2D eigenvalue weighted by Gasteiger charge is -2.30. The minimum atomic E-state index is 0.603. The van der Waals surface area contributed by atoms with Crippen LogP contribution in [0.15, 0.2) is 12.3 Å². The fraction of sp³-hybridized carbons (Fsp3) is 0.722. The van der Waals surface area contributed by atoms with E-state index in [0.717, 1.165) is 0 Å². The Morgan fingerprint density at radius 3 is 2.67 bits per heavy atom. The van der Waals surface area contributed by atoms with Gasteiger partial charge in [0.15, 0.2) is 0 Å². The molecule has 3 heterocycles. The van der Waals surface area contributed by atoms with Gasteiger partial charge in [-0.3, -0.25) is 4.90 Å². The van der Waals surface area contributed by atoms with Gasteiger partial charge in [-0.1, -0.05) is 6.92 Å². The van der Waals surface area contributed by atoms with Crippen LogP contribution in [0, 0.1) is 6.92 Å². The molecule has 0 aliphatic carbocycles. The molecule has 0 unspecified atom stereocenters. The van der Waals surface area contributed by atoms with Crippen molar-refractivity contribution < 1.29 is 0 Å². The van der Waals surface area contributed by atoms with Gasteiger partial charge in [0.25, 0.3) is 0 Å². The zero-order valence-corrected chi connectivity index (χ0v) is 13.6. The molecular formula is C18H29N3. The summed E-state index contributed by atoms with van der Waals surface area (Å²) in [5.41, 5.74) is 2.79. The average molecular weight is 287 g/mol. The minimum Gasteiger partial charge on any atom is -0.356 e. The molecular weight excluding hydrogens is 258 g/mol. The molecule has 2 saturated heterocycles. The highest BCUT2D eigenvalue weighted by molar-refractivity contribution is 5.48. The molecule has 0 radical (unpaired) electrons. The second-order valence-electron chi connectivity index (χ2n) is 6.65. The van der Waals surface area contributed by atoms with Gasteiger partial charge in [0.2, 0.25) is 0 Å². The van der Waals surface area contributed by atoms with E-state index >= 15 is 0 Å². The van der Waals surface area contributed by atoms with E-state index in [9.17, 15) is 0 Å². The Kier molecular flexibility index (Phi) is 4.79. The number of nitrogens with zero attached hydrogens (tertiary/aromatic N) is 3. The summed E-state index contributed by atoms with van der Waals surface area (Å²) >= 11 is 0. The molecule has 3 rings (SSSR count). The molecule has 0 N–H and O–H groups in total. The van der Waals surface area contributed by atoms with Gasteiger partial charge in [-0.25, -0.2) is 4.98 Å². The second-order valence-corrected chi connectivity index (χ2v) is 6.65. The van der Waals surface area contributed by atoms with Crippen molar-refractivity contribution in [2.75, 3.05) is 31.1 Å². The lowest BCUT2D eigenvalue weighted by molar-refractivity contribution is 0.257. The molecule has 0 saturated carbocycles. The molecule has 2 fully saturated rings. The van der Waals surface area contributed by atoms with Crippen LogP contribution >= 0.6 is 0 Å². The quantitative estimate of drug-likeness (QED) is 0.836. The van der Waals surface area contributed by atoms with E-state index in [4.69, 9.17) is 4.98 Å². The van der Waals surface area contributed by atoms with E-state index in [0.29, 0.717) is 6.04 Å². The predicted octanol–water partition coefficient (Wildman–Crippen LogP) is 3.93. The number of pyridine rings is 1. The van der Waals surface area contributed by atoms with Crippen molar-refractivity contribution >= 4 is 5.82 Å². The molecule has 1 aromatic heterocycles. The van der Waals surface area contributed by atoms with Crippen LogP contribution in [0.3, 0.4) is 0 Å². The molecule has 1 aromatic rings. The zero-order chi connectivity index (χ0) is 14.7. The number of likely N-dealkylation sites (tertiary alicyclic amines) is 1. The Labute approximate surface area is 129 Å². The smallest absolute Gasteiger partial charge is 0.131 e. The maximum atomic E-state index is 4.84. The van der Waals surface area contributed by atoms with Crippen molar-refractivity contribution in [2.24, 2.45) is 0 Å². The van der Waals surface area contributed by atoms with E-state index in [1.54, 1.807) is 0 Å². The number of aromatic nitrogens is 1. The van der Waals surface area contributed by atoms with Crippen LogP contribution in [0.2, 0.25) is 0 Å². The van der Waals surface area contributed by atoms with Crippen LogP contribution in [0.1, 0.15) is 62.6 Å². The standard InChI is InChI=1S/C18H29N3/c1-3-9-20-12-7-8-17(20)16-13-15(2)18(19-14-16)21-10-5-4-6-11-21/h13-14,17H,3-12H2,1-2H3/t17-/m1/s1. The number of aryl methyl sites for hydroxylation is 1. The van der Waals surface area contributed by atoms with E-state index in [2.05, 4.69) is 35.9 Å². The van der Waals surface area contributed by atoms with Crippen molar-refractivity contribution in [3.05, 3.63) is 23.4 Å². The van der Waals surface area contributed by atoms with Gasteiger partial charge in [-0.2, -0.15) is 0 Å². The third-order valence-electron chi connectivity index (χ3n) is 4.99. The Bertz CT molecular complexity index is 466. The third-order valence-corrected chi connectivity index (χ3v) is 4.99. The highest BCUT2D eigenvalue weighted by Gasteiger charge is 2.26. The van der Waals surface area contributed by atoms with Gasteiger partial charge >= 0.3 is 0 Å². The largest absolute Gasteiger partial charge is 0.356 e. The lowest BCUT2D eigenvalue weighted by Crippen LogP contribution is -2.31. The fourth-order valence-electron chi connectivity index (χ4n) is 3.97. The summed E-state index contributed by atoms with van der Waals surface area (Å²) in [6, 6.07) is 3.00. The van der Waals surface area contributed by atoms with Crippen molar-refractivity contribution in [3.63, 3.8) is 0 Å². The summed E-state index contributed by atoms with van der Waals surface area (Å²) in [6.07, 6.45) is 10.0. The summed E-state index contributed by atoms with van der Waals surface area (Å²) in [7, 11) is 0.